The third-order valence-electron chi connectivity index (χ3n) is 4.21. The Labute approximate surface area is 174 Å². The second kappa shape index (κ2) is 9.80. The molecule has 3 aromatic carbocycles. The fraction of sp³-hybridized carbons (Fsp3) is 0.130. The number of hydrogen-bond donors (Lipinski definition) is 1. The van der Waals surface area contributed by atoms with Gasteiger partial charge in [-0.1, -0.05) is 18.2 Å². The first-order valence-electron chi connectivity index (χ1n) is 8.94. The van der Waals surface area contributed by atoms with E-state index in [1.807, 2.05) is 24.3 Å². The van der Waals surface area contributed by atoms with Crippen LogP contribution in [0.2, 0.25) is 0 Å². The molecule has 0 radical (unpaired) electrons. The molecule has 0 saturated heterocycles. The van der Waals surface area contributed by atoms with E-state index in [2.05, 4.69) is 5.32 Å². The molecule has 5 nitrogen and oxygen atoms in total. The molecule has 0 fully saturated rings. The van der Waals surface area contributed by atoms with Crippen LogP contribution in [0.15, 0.2) is 77.7 Å². The number of thioether (sulfide) groups is 1. The Morgan fingerprint density at radius 2 is 1.55 bits per heavy atom. The number of anilines is 1. The quantitative estimate of drug-likeness (QED) is 0.424. The third-order valence-corrected chi connectivity index (χ3v) is 5.20. The van der Waals surface area contributed by atoms with Gasteiger partial charge >= 0.3 is 0 Å². The van der Waals surface area contributed by atoms with Crippen LogP contribution in [0.1, 0.15) is 20.7 Å². The van der Waals surface area contributed by atoms with E-state index in [-0.39, 0.29) is 11.7 Å². The number of hydrogen-bond acceptors (Lipinski definition) is 5. The molecule has 0 bridgehead atoms. The van der Waals surface area contributed by atoms with Crippen molar-refractivity contribution < 1.29 is 19.1 Å². The molecule has 0 unspecified atom stereocenters. The summed E-state index contributed by atoms with van der Waals surface area (Å²) in [5.41, 5.74) is 1.82. The van der Waals surface area contributed by atoms with Crippen molar-refractivity contribution in [3.8, 4) is 11.5 Å². The number of ketones is 1. The van der Waals surface area contributed by atoms with Gasteiger partial charge < -0.3 is 14.8 Å². The van der Waals surface area contributed by atoms with Crippen LogP contribution in [0.5, 0.6) is 11.5 Å². The highest BCUT2D eigenvalue weighted by Gasteiger charge is 2.10. The fourth-order valence-corrected chi connectivity index (χ4v) is 3.49. The summed E-state index contributed by atoms with van der Waals surface area (Å²) in [5.74, 6) is 1.46. The van der Waals surface area contributed by atoms with Gasteiger partial charge in [-0.05, 0) is 54.6 Å². The zero-order valence-corrected chi connectivity index (χ0v) is 17.0. The highest BCUT2D eigenvalue weighted by Crippen LogP contribution is 2.24. The largest absolute Gasteiger partial charge is 0.497 e. The molecule has 29 heavy (non-hydrogen) atoms. The monoisotopic (exact) mass is 407 g/mol. The van der Waals surface area contributed by atoms with E-state index in [4.69, 9.17) is 9.47 Å². The molecule has 0 atom stereocenters. The maximum absolute atomic E-state index is 12.4. The molecule has 0 aromatic heterocycles. The molecule has 0 heterocycles. The van der Waals surface area contributed by atoms with E-state index in [0.29, 0.717) is 34.1 Å². The van der Waals surface area contributed by atoms with E-state index in [1.54, 1.807) is 62.8 Å². The highest BCUT2D eigenvalue weighted by atomic mass is 32.2. The number of carbonyl (C=O) groups is 2. The first-order valence-corrected chi connectivity index (χ1v) is 9.93. The first-order chi connectivity index (χ1) is 14.1. The number of ether oxygens (including phenoxy) is 2. The predicted molar refractivity (Wildman–Crippen MR) is 115 cm³/mol. The molecular weight excluding hydrogens is 386 g/mol. The number of amides is 1. The SMILES string of the molecule is COc1ccc(C(=O)Nc2cccc(SCC(=O)c3cccc(OC)c3)c2)cc1. The zero-order chi connectivity index (χ0) is 20.6. The smallest absolute Gasteiger partial charge is 0.255 e. The van der Waals surface area contributed by atoms with Gasteiger partial charge in [-0.15, -0.1) is 11.8 Å². The molecule has 3 aromatic rings. The van der Waals surface area contributed by atoms with Crippen LogP contribution in [0.4, 0.5) is 5.69 Å². The second-order valence-corrected chi connectivity index (χ2v) is 7.20. The molecule has 0 aliphatic rings. The van der Waals surface area contributed by atoms with Crippen molar-refractivity contribution in [1.29, 1.82) is 0 Å². The lowest BCUT2D eigenvalue weighted by molar-refractivity contribution is 0.101. The average Bonchev–Trinajstić information content (AvgIpc) is 2.77. The van der Waals surface area contributed by atoms with E-state index in [9.17, 15) is 9.59 Å². The van der Waals surface area contributed by atoms with Crippen LogP contribution < -0.4 is 14.8 Å². The minimum absolute atomic E-state index is 0.0153. The number of carbonyl (C=O) groups excluding carboxylic acids is 2. The Bertz CT molecular complexity index is 1000. The highest BCUT2D eigenvalue weighted by molar-refractivity contribution is 8.00. The normalized spacial score (nSPS) is 10.3. The Kier molecular flexibility index (Phi) is 6.92. The van der Waals surface area contributed by atoms with E-state index < -0.39 is 0 Å². The summed E-state index contributed by atoms with van der Waals surface area (Å²) < 4.78 is 10.3. The van der Waals surface area contributed by atoms with Gasteiger partial charge in [-0.25, -0.2) is 0 Å². The van der Waals surface area contributed by atoms with Crippen molar-refractivity contribution in [2.75, 3.05) is 25.3 Å². The number of benzene rings is 3. The number of nitrogens with one attached hydrogen (secondary N) is 1. The summed E-state index contributed by atoms with van der Waals surface area (Å²) >= 11 is 1.42. The Hall–Kier alpha value is -3.25. The topological polar surface area (TPSA) is 64.6 Å². The number of rotatable bonds is 8. The Morgan fingerprint density at radius 3 is 2.28 bits per heavy atom. The van der Waals surface area contributed by atoms with Crippen LogP contribution in [-0.2, 0) is 0 Å². The molecule has 148 valence electrons. The van der Waals surface area contributed by atoms with Crippen LogP contribution in [-0.4, -0.2) is 31.7 Å². The lowest BCUT2D eigenvalue weighted by Crippen LogP contribution is -2.11. The summed E-state index contributed by atoms with van der Waals surface area (Å²) in [6.45, 7) is 0. The van der Waals surface area contributed by atoms with Gasteiger partial charge in [0.05, 0.1) is 20.0 Å². The van der Waals surface area contributed by atoms with Crippen molar-refractivity contribution in [3.05, 3.63) is 83.9 Å². The molecule has 0 aliphatic carbocycles. The minimum atomic E-state index is -0.206. The Balaban J connectivity index is 1.61. The molecular formula is C23H21NO4S. The molecule has 0 saturated carbocycles. The van der Waals surface area contributed by atoms with Gasteiger partial charge in [0.2, 0.25) is 0 Å². The van der Waals surface area contributed by atoms with Gasteiger partial charge in [0.15, 0.2) is 5.78 Å². The van der Waals surface area contributed by atoms with E-state index in [1.165, 1.54) is 11.8 Å². The molecule has 0 spiro atoms. The van der Waals surface area contributed by atoms with Crippen LogP contribution in [0.25, 0.3) is 0 Å². The summed E-state index contributed by atoms with van der Waals surface area (Å²) in [6, 6.07) is 21.4. The molecule has 1 amide bonds. The lowest BCUT2D eigenvalue weighted by Gasteiger charge is -2.08. The van der Waals surface area contributed by atoms with Gasteiger partial charge in [-0.2, -0.15) is 0 Å². The standard InChI is InChI=1S/C23H21NO4S/c1-27-19-11-9-16(10-12-19)23(26)24-18-6-4-8-21(14-18)29-15-22(25)17-5-3-7-20(13-17)28-2/h3-14H,15H2,1-2H3,(H,24,26). The van der Waals surface area contributed by atoms with Gasteiger partial charge in [0.1, 0.15) is 11.5 Å². The predicted octanol–water partition coefficient (Wildman–Crippen LogP) is 4.93. The van der Waals surface area contributed by atoms with Crippen molar-refractivity contribution in [2.45, 2.75) is 4.90 Å². The van der Waals surface area contributed by atoms with Crippen LogP contribution >= 0.6 is 11.8 Å². The summed E-state index contributed by atoms with van der Waals surface area (Å²) in [5, 5.41) is 2.88. The number of Topliss-reactive ketones (excluding diaryl/α,β-unsaturated/α-hetero) is 1. The first kappa shape index (κ1) is 20.5. The van der Waals surface area contributed by atoms with Crippen molar-refractivity contribution in [3.63, 3.8) is 0 Å². The van der Waals surface area contributed by atoms with Gasteiger partial charge in [0, 0.05) is 21.7 Å². The molecule has 3 rings (SSSR count). The molecule has 6 heteroatoms. The summed E-state index contributed by atoms with van der Waals surface area (Å²) in [4.78, 5) is 25.7. The third kappa shape index (κ3) is 5.62. The average molecular weight is 407 g/mol. The summed E-state index contributed by atoms with van der Waals surface area (Å²) in [7, 11) is 3.15. The fourth-order valence-electron chi connectivity index (χ4n) is 2.64. The van der Waals surface area contributed by atoms with Crippen molar-refractivity contribution in [1.82, 2.24) is 0 Å². The van der Waals surface area contributed by atoms with E-state index in [0.717, 1.165) is 4.90 Å². The maximum Gasteiger partial charge on any atom is 0.255 e. The maximum atomic E-state index is 12.4. The van der Waals surface area contributed by atoms with Crippen LogP contribution in [0, 0.1) is 0 Å². The van der Waals surface area contributed by atoms with E-state index >= 15 is 0 Å². The van der Waals surface area contributed by atoms with Crippen LogP contribution in [0.3, 0.4) is 0 Å². The van der Waals surface area contributed by atoms with Crippen molar-refractivity contribution >= 4 is 29.1 Å². The van der Waals surface area contributed by atoms with Gasteiger partial charge in [0.25, 0.3) is 5.91 Å². The molecule has 1 N–H and O–H groups in total. The second-order valence-electron chi connectivity index (χ2n) is 6.15. The number of methoxy groups -OCH3 is 2. The molecule has 0 aliphatic heterocycles. The van der Waals surface area contributed by atoms with Gasteiger partial charge in [-0.3, -0.25) is 9.59 Å². The lowest BCUT2D eigenvalue weighted by atomic mass is 10.1. The van der Waals surface area contributed by atoms with Crippen molar-refractivity contribution in [2.24, 2.45) is 0 Å². The minimum Gasteiger partial charge on any atom is -0.497 e. The zero-order valence-electron chi connectivity index (χ0n) is 16.2. The Morgan fingerprint density at radius 1 is 0.828 bits per heavy atom. The summed E-state index contributed by atoms with van der Waals surface area (Å²) in [6.07, 6.45) is 0.